The lowest BCUT2D eigenvalue weighted by Crippen LogP contribution is -2.32. The van der Waals surface area contributed by atoms with Crippen LogP contribution in [0.5, 0.6) is 0 Å². The second-order valence-electron chi connectivity index (χ2n) is 8.56. The molecular weight excluding hydrogens is 456 g/mol. The molecule has 0 radical (unpaired) electrons. The molecule has 3 aromatic rings. The molecule has 0 saturated heterocycles. The van der Waals surface area contributed by atoms with Crippen LogP contribution in [-0.4, -0.2) is 4.83 Å². The summed E-state index contributed by atoms with van der Waals surface area (Å²) >= 11 is 3.89. The lowest BCUT2D eigenvalue weighted by molar-refractivity contribution is 0.438. The molecule has 4 unspecified atom stereocenters. The Morgan fingerprint density at radius 2 is 1.56 bits per heavy atom. The van der Waals surface area contributed by atoms with Crippen molar-refractivity contribution in [2.45, 2.75) is 10.7 Å². The first-order chi connectivity index (χ1) is 15.7. The van der Waals surface area contributed by atoms with Gasteiger partial charge in [0.15, 0.2) is 0 Å². The monoisotopic (exact) mass is 476 g/mol. The van der Waals surface area contributed by atoms with Gasteiger partial charge in [0.1, 0.15) is 0 Å². The van der Waals surface area contributed by atoms with E-state index in [1.807, 2.05) is 30.3 Å². The van der Waals surface area contributed by atoms with Crippen molar-refractivity contribution in [3.63, 3.8) is 0 Å². The zero-order valence-electron chi connectivity index (χ0n) is 17.4. The van der Waals surface area contributed by atoms with Crippen molar-refractivity contribution < 1.29 is 0 Å². The second kappa shape index (κ2) is 7.65. The lowest BCUT2D eigenvalue weighted by Gasteiger charge is -2.42. The van der Waals surface area contributed by atoms with Crippen molar-refractivity contribution in [3.8, 4) is 6.07 Å². The Bertz CT molecular complexity index is 1310. The molecule has 3 heteroatoms. The third-order valence-electron chi connectivity index (χ3n) is 6.84. The summed E-state index contributed by atoms with van der Waals surface area (Å²) in [4.78, 5) is 2.67. The molecule has 3 aromatic carbocycles. The number of para-hydroxylation sites is 1. The molecule has 4 atom stereocenters. The first-order valence-electron chi connectivity index (χ1n) is 11.0. The van der Waals surface area contributed by atoms with Gasteiger partial charge in [-0.25, -0.2) is 0 Å². The molecule has 3 aliphatic rings. The Labute approximate surface area is 196 Å². The normalized spacial score (nSPS) is 24.0. The number of halogens is 1. The third kappa shape index (κ3) is 2.98. The summed E-state index contributed by atoms with van der Waals surface area (Å²) in [6, 6.07) is 25.0. The average molecular weight is 477 g/mol. The van der Waals surface area contributed by atoms with Gasteiger partial charge in [0.2, 0.25) is 0 Å². The van der Waals surface area contributed by atoms with Crippen LogP contribution in [0.2, 0.25) is 0 Å². The molecule has 154 valence electrons. The first-order valence-corrected chi connectivity index (χ1v) is 11.9. The minimum Gasteiger partial charge on any atom is -0.310 e. The lowest BCUT2D eigenvalue weighted by atomic mass is 9.65. The minimum atomic E-state index is 0.361. The number of nitrogens with zero attached hydrogens (tertiary/aromatic N) is 2. The second-order valence-corrected chi connectivity index (χ2v) is 9.62. The summed E-state index contributed by atoms with van der Waals surface area (Å²) in [5.74, 6) is 1.33. The van der Waals surface area contributed by atoms with Crippen LogP contribution in [0.1, 0.15) is 28.2 Å². The van der Waals surface area contributed by atoms with Crippen molar-refractivity contribution in [1.29, 1.82) is 5.26 Å². The summed E-state index contributed by atoms with van der Waals surface area (Å²) in [7, 11) is 0. The van der Waals surface area contributed by atoms with Crippen molar-refractivity contribution in [2.24, 2.45) is 11.8 Å². The number of benzene rings is 3. The van der Waals surface area contributed by atoms with Crippen LogP contribution >= 0.6 is 15.9 Å². The quantitative estimate of drug-likeness (QED) is 0.285. The molecule has 0 aromatic heterocycles. The van der Waals surface area contributed by atoms with E-state index in [4.69, 9.17) is 0 Å². The van der Waals surface area contributed by atoms with Gasteiger partial charge in [0.25, 0.3) is 0 Å². The number of hydrogen-bond acceptors (Lipinski definition) is 2. The Morgan fingerprint density at radius 1 is 0.781 bits per heavy atom. The summed E-state index contributed by atoms with van der Waals surface area (Å²) in [5.41, 5.74) is 8.06. The topological polar surface area (TPSA) is 27.0 Å². The van der Waals surface area contributed by atoms with Gasteiger partial charge in [-0.05, 0) is 53.6 Å². The molecular formula is C29H21BrN2. The summed E-state index contributed by atoms with van der Waals surface area (Å²) in [6.07, 6.45) is 14.0. The minimum absolute atomic E-state index is 0.361. The molecule has 0 spiro atoms. The van der Waals surface area contributed by atoms with E-state index in [1.165, 1.54) is 22.4 Å². The number of nitriles is 1. The molecule has 0 amide bonds. The van der Waals surface area contributed by atoms with Crippen molar-refractivity contribution in [1.82, 2.24) is 0 Å². The van der Waals surface area contributed by atoms with Crippen LogP contribution in [0.4, 0.5) is 17.1 Å². The van der Waals surface area contributed by atoms with E-state index < -0.39 is 0 Å². The van der Waals surface area contributed by atoms with Gasteiger partial charge in [-0.1, -0.05) is 76.7 Å². The van der Waals surface area contributed by atoms with E-state index in [0.717, 1.165) is 11.4 Å². The average Bonchev–Trinajstić information content (AvgIpc) is 2.85. The van der Waals surface area contributed by atoms with Crippen molar-refractivity contribution in [3.05, 3.63) is 113 Å². The van der Waals surface area contributed by atoms with Gasteiger partial charge in [-0.3, -0.25) is 0 Å². The van der Waals surface area contributed by atoms with Crippen molar-refractivity contribution >= 4 is 45.1 Å². The summed E-state index contributed by atoms with van der Waals surface area (Å²) in [5, 5.41) is 9.26. The maximum atomic E-state index is 9.26. The van der Waals surface area contributed by atoms with Crippen LogP contribution in [0.25, 0.3) is 12.2 Å². The molecule has 6 rings (SSSR count). The molecule has 0 heterocycles. The predicted molar refractivity (Wildman–Crippen MR) is 135 cm³/mol. The highest BCUT2D eigenvalue weighted by Gasteiger charge is 2.40. The number of anilines is 3. The smallest absolute Gasteiger partial charge is 0.0991 e. The Kier molecular flexibility index (Phi) is 4.63. The number of hydrogen-bond donors (Lipinski definition) is 0. The van der Waals surface area contributed by atoms with E-state index in [2.05, 4.69) is 99.8 Å². The molecule has 0 aliphatic heterocycles. The zero-order valence-corrected chi connectivity index (χ0v) is 19.0. The third-order valence-corrected chi connectivity index (χ3v) is 7.75. The molecule has 0 fully saturated rings. The van der Waals surface area contributed by atoms with Gasteiger partial charge in [-0.2, -0.15) is 5.26 Å². The highest BCUT2D eigenvalue weighted by molar-refractivity contribution is 9.09. The first kappa shape index (κ1) is 19.3. The fourth-order valence-electron chi connectivity index (χ4n) is 5.37. The maximum absolute atomic E-state index is 9.26. The largest absolute Gasteiger partial charge is 0.310 e. The van der Waals surface area contributed by atoms with Gasteiger partial charge in [0.05, 0.1) is 17.3 Å². The van der Waals surface area contributed by atoms with Crippen LogP contribution in [-0.2, 0) is 0 Å². The molecule has 0 saturated carbocycles. The highest BCUT2D eigenvalue weighted by Crippen LogP contribution is 2.53. The Hall–Kier alpha value is -3.35. The molecule has 0 bridgehead atoms. The van der Waals surface area contributed by atoms with Crippen molar-refractivity contribution in [2.75, 3.05) is 4.90 Å². The van der Waals surface area contributed by atoms with Crippen LogP contribution < -0.4 is 4.90 Å². The highest BCUT2D eigenvalue weighted by atomic mass is 79.9. The van der Waals surface area contributed by atoms with Gasteiger partial charge in [-0.15, -0.1) is 0 Å². The van der Waals surface area contributed by atoms with E-state index in [0.29, 0.717) is 28.1 Å². The van der Waals surface area contributed by atoms with Crippen LogP contribution in [0.3, 0.4) is 0 Å². The maximum Gasteiger partial charge on any atom is 0.0991 e. The number of rotatable bonds is 3. The predicted octanol–water partition coefficient (Wildman–Crippen LogP) is 7.73. The zero-order chi connectivity index (χ0) is 21.7. The summed E-state index contributed by atoms with van der Waals surface area (Å²) < 4.78 is 0. The fraction of sp³-hybridized carbons (Fsp3) is 0.138. The van der Waals surface area contributed by atoms with Gasteiger partial charge in [0, 0.05) is 39.5 Å². The standard InChI is InChI=1S/C29H21BrN2/c30-26-16-10-20-9-15-25-27(17-11-21-8-14-24(26)28(20)29(21)25)32(22-4-2-1-3-5-22)23-12-6-19(18-31)7-13-23/h1-17,20,24,26,28H. The molecule has 3 aliphatic carbocycles. The number of alkyl halides is 1. The van der Waals surface area contributed by atoms with E-state index >= 15 is 0 Å². The Morgan fingerprint density at radius 3 is 2.34 bits per heavy atom. The van der Waals surface area contributed by atoms with Crippen LogP contribution in [0, 0.1) is 23.2 Å². The van der Waals surface area contributed by atoms with E-state index in [9.17, 15) is 5.26 Å². The van der Waals surface area contributed by atoms with E-state index in [-0.39, 0.29) is 0 Å². The van der Waals surface area contributed by atoms with Gasteiger partial charge >= 0.3 is 0 Å². The van der Waals surface area contributed by atoms with E-state index in [1.54, 1.807) is 0 Å². The van der Waals surface area contributed by atoms with Crippen LogP contribution in [0.15, 0.2) is 91.0 Å². The van der Waals surface area contributed by atoms with Gasteiger partial charge < -0.3 is 4.90 Å². The molecule has 2 nitrogen and oxygen atoms in total. The molecule has 32 heavy (non-hydrogen) atoms. The number of allylic oxidation sites excluding steroid dienone is 4. The molecule has 0 N–H and O–H groups in total. The fourth-order valence-corrected chi connectivity index (χ4v) is 6.05. The summed E-state index contributed by atoms with van der Waals surface area (Å²) in [6.45, 7) is 0. The Balaban J connectivity index is 1.57. The SMILES string of the molecule is N#Cc1ccc(N(c2ccccc2)c2ccc3c4c2C=CC2C=CC(Br)C(C=C3)C42)cc1.